The number of primary sulfonamides is 1. The fourth-order valence-electron chi connectivity index (χ4n) is 2.75. The lowest BCUT2D eigenvalue weighted by Gasteiger charge is -2.19. The molecule has 0 aliphatic heterocycles. The maximum atomic E-state index is 12.8. The number of carbonyl (C=O) groups is 1. The van der Waals surface area contributed by atoms with Gasteiger partial charge in [0.05, 0.1) is 9.79 Å². The highest BCUT2D eigenvalue weighted by molar-refractivity contribution is 7.98. The number of thioether (sulfide) groups is 1. The number of benzene rings is 2. The molecular weight excluding hydrogens is 446 g/mol. The van der Waals surface area contributed by atoms with E-state index in [-0.39, 0.29) is 21.9 Å². The zero-order valence-electron chi connectivity index (χ0n) is 16.7. The van der Waals surface area contributed by atoms with E-state index in [1.807, 2.05) is 6.26 Å². The number of nitrogens with one attached hydrogen (secondary N) is 2. The van der Waals surface area contributed by atoms with Gasteiger partial charge in [0.15, 0.2) is 0 Å². The van der Waals surface area contributed by atoms with E-state index in [2.05, 4.69) is 10.0 Å². The highest BCUT2D eigenvalue weighted by Gasteiger charge is 2.26. The van der Waals surface area contributed by atoms with E-state index in [1.54, 1.807) is 37.3 Å². The Morgan fingerprint density at radius 1 is 1.10 bits per heavy atom. The van der Waals surface area contributed by atoms with E-state index in [9.17, 15) is 21.6 Å². The molecule has 0 spiro atoms. The molecule has 0 saturated heterocycles. The van der Waals surface area contributed by atoms with Gasteiger partial charge in [0, 0.05) is 5.69 Å². The molecule has 0 fully saturated rings. The van der Waals surface area contributed by atoms with Gasteiger partial charge in [0.2, 0.25) is 26.0 Å². The maximum Gasteiger partial charge on any atom is 0.242 e. The predicted molar refractivity (Wildman–Crippen MR) is 119 cm³/mol. The molecule has 2 aromatic carbocycles. The quantitative estimate of drug-likeness (QED) is 0.484. The first-order valence-corrected chi connectivity index (χ1v) is 13.5. The molecule has 0 radical (unpaired) electrons. The van der Waals surface area contributed by atoms with Crippen LogP contribution in [0.15, 0.2) is 58.3 Å². The molecule has 0 saturated carbocycles. The third-order valence-electron chi connectivity index (χ3n) is 4.30. The van der Waals surface area contributed by atoms with Crippen molar-refractivity contribution in [3.63, 3.8) is 0 Å². The highest BCUT2D eigenvalue weighted by atomic mass is 32.2. The van der Waals surface area contributed by atoms with Crippen molar-refractivity contribution in [3.8, 4) is 0 Å². The number of carbonyl (C=O) groups excluding carboxylic acids is 1. The average molecular weight is 472 g/mol. The minimum Gasteiger partial charge on any atom is -0.325 e. The molecule has 164 valence electrons. The molecule has 0 aliphatic carbocycles. The first kappa shape index (κ1) is 24.4. The minimum absolute atomic E-state index is 0.0516. The van der Waals surface area contributed by atoms with Crippen molar-refractivity contribution in [2.75, 3.05) is 17.3 Å². The molecule has 8 nitrogen and oxygen atoms in total. The Bertz CT molecular complexity index is 1090. The second-order valence-corrected chi connectivity index (χ2v) is 10.7. The molecule has 2 aromatic rings. The van der Waals surface area contributed by atoms with Gasteiger partial charge in [-0.05, 0) is 54.7 Å². The highest BCUT2D eigenvalue weighted by Crippen LogP contribution is 2.21. The number of sulfonamides is 2. The smallest absolute Gasteiger partial charge is 0.242 e. The third kappa shape index (κ3) is 6.54. The first-order chi connectivity index (χ1) is 14.1. The van der Waals surface area contributed by atoms with Crippen molar-refractivity contribution in [1.29, 1.82) is 0 Å². The molecule has 0 bridgehead atoms. The predicted octanol–water partition coefficient (Wildman–Crippen LogP) is 1.94. The molecule has 2 rings (SSSR count). The van der Waals surface area contributed by atoms with Crippen molar-refractivity contribution in [2.45, 2.75) is 35.6 Å². The van der Waals surface area contributed by atoms with Gasteiger partial charge in [-0.2, -0.15) is 16.5 Å². The van der Waals surface area contributed by atoms with Crippen LogP contribution < -0.4 is 15.2 Å². The summed E-state index contributed by atoms with van der Waals surface area (Å²) in [5.74, 6) is -0.0414. The molecule has 30 heavy (non-hydrogen) atoms. The van der Waals surface area contributed by atoms with Crippen LogP contribution in [0.5, 0.6) is 0 Å². The van der Waals surface area contributed by atoms with Crippen molar-refractivity contribution in [1.82, 2.24) is 4.72 Å². The van der Waals surface area contributed by atoms with Gasteiger partial charge in [-0.15, -0.1) is 0 Å². The standard InChI is InChI=1S/C19H25N3O5S3/c1-3-14-9-10-15(13-18(14)29(20,24)25)21-19(23)17(11-12-28-2)22-30(26,27)16-7-5-4-6-8-16/h4-10,13,17,22H,3,11-12H2,1-2H3,(H,21,23)(H2,20,24,25). The summed E-state index contributed by atoms with van der Waals surface area (Å²) < 4.78 is 51.4. The summed E-state index contributed by atoms with van der Waals surface area (Å²) in [5.41, 5.74) is 0.744. The summed E-state index contributed by atoms with van der Waals surface area (Å²) in [7, 11) is -7.87. The van der Waals surface area contributed by atoms with Gasteiger partial charge in [0.25, 0.3) is 0 Å². The fourth-order valence-corrected chi connectivity index (χ4v) is 5.34. The molecule has 0 heterocycles. The van der Waals surface area contributed by atoms with Crippen molar-refractivity contribution >= 4 is 43.4 Å². The summed E-state index contributed by atoms with van der Waals surface area (Å²) in [4.78, 5) is 12.8. The number of amides is 1. The monoisotopic (exact) mass is 471 g/mol. The molecule has 0 aromatic heterocycles. The number of hydrogen-bond acceptors (Lipinski definition) is 6. The van der Waals surface area contributed by atoms with Crippen molar-refractivity contribution in [2.24, 2.45) is 5.14 Å². The van der Waals surface area contributed by atoms with E-state index < -0.39 is 32.0 Å². The molecule has 1 amide bonds. The van der Waals surface area contributed by atoms with Crippen LogP contribution in [0.1, 0.15) is 18.9 Å². The van der Waals surface area contributed by atoms with E-state index in [1.165, 1.54) is 30.0 Å². The van der Waals surface area contributed by atoms with Crippen LogP contribution in [-0.4, -0.2) is 40.8 Å². The summed E-state index contributed by atoms with van der Waals surface area (Å²) in [6, 6.07) is 11.1. The zero-order valence-corrected chi connectivity index (χ0v) is 19.1. The van der Waals surface area contributed by atoms with Gasteiger partial charge in [-0.3, -0.25) is 4.79 Å². The van der Waals surface area contributed by atoms with Crippen LogP contribution in [0.25, 0.3) is 0 Å². The van der Waals surface area contributed by atoms with Crippen LogP contribution in [0, 0.1) is 0 Å². The van der Waals surface area contributed by atoms with Crippen LogP contribution in [-0.2, 0) is 31.3 Å². The maximum absolute atomic E-state index is 12.8. The Hall–Kier alpha value is -1.92. The molecule has 0 aliphatic rings. The Kier molecular flexibility index (Phi) is 8.44. The third-order valence-corrected chi connectivity index (χ3v) is 7.42. The van der Waals surface area contributed by atoms with Gasteiger partial charge >= 0.3 is 0 Å². The first-order valence-electron chi connectivity index (χ1n) is 9.11. The number of rotatable bonds is 10. The lowest BCUT2D eigenvalue weighted by Crippen LogP contribution is -2.44. The van der Waals surface area contributed by atoms with Crippen LogP contribution in [0.2, 0.25) is 0 Å². The second-order valence-electron chi connectivity index (χ2n) is 6.48. The van der Waals surface area contributed by atoms with Crippen LogP contribution >= 0.6 is 11.8 Å². The van der Waals surface area contributed by atoms with Gasteiger partial charge in [0.1, 0.15) is 6.04 Å². The lowest BCUT2D eigenvalue weighted by atomic mass is 10.1. The second kappa shape index (κ2) is 10.4. The summed E-state index contributed by atoms with van der Waals surface area (Å²) in [6.45, 7) is 1.79. The van der Waals surface area contributed by atoms with Gasteiger partial charge in [-0.1, -0.05) is 31.2 Å². The number of anilines is 1. The van der Waals surface area contributed by atoms with E-state index in [4.69, 9.17) is 5.14 Å². The van der Waals surface area contributed by atoms with E-state index in [0.717, 1.165) is 0 Å². The Balaban J connectivity index is 2.28. The number of nitrogens with two attached hydrogens (primary N) is 1. The molecular formula is C19H25N3O5S3. The number of hydrogen-bond donors (Lipinski definition) is 3. The van der Waals surface area contributed by atoms with E-state index in [0.29, 0.717) is 17.7 Å². The fraction of sp³-hybridized carbons (Fsp3) is 0.316. The molecule has 1 unspecified atom stereocenters. The zero-order chi connectivity index (χ0) is 22.4. The number of aryl methyl sites for hydroxylation is 1. The Labute approximate surface area is 181 Å². The topological polar surface area (TPSA) is 135 Å². The summed E-state index contributed by atoms with van der Waals surface area (Å²) in [5, 5.41) is 7.86. The van der Waals surface area contributed by atoms with Crippen molar-refractivity contribution < 1.29 is 21.6 Å². The lowest BCUT2D eigenvalue weighted by molar-refractivity contribution is -0.117. The summed E-state index contributed by atoms with van der Waals surface area (Å²) >= 11 is 1.48. The van der Waals surface area contributed by atoms with Gasteiger partial charge < -0.3 is 5.32 Å². The van der Waals surface area contributed by atoms with Gasteiger partial charge in [-0.25, -0.2) is 22.0 Å². The van der Waals surface area contributed by atoms with Crippen LogP contribution in [0.3, 0.4) is 0 Å². The Morgan fingerprint density at radius 3 is 2.33 bits per heavy atom. The SMILES string of the molecule is CCc1ccc(NC(=O)C(CCSC)NS(=O)(=O)c2ccccc2)cc1S(N)(=O)=O. The van der Waals surface area contributed by atoms with Crippen LogP contribution in [0.4, 0.5) is 5.69 Å². The van der Waals surface area contributed by atoms with E-state index >= 15 is 0 Å². The Morgan fingerprint density at radius 2 is 1.77 bits per heavy atom. The molecule has 1 atom stereocenters. The van der Waals surface area contributed by atoms with Crippen molar-refractivity contribution in [3.05, 3.63) is 54.1 Å². The largest absolute Gasteiger partial charge is 0.325 e. The average Bonchev–Trinajstić information content (AvgIpc) is 2.71. The normalized spacial score (nSPS) is 13.0. The summed E-state index contributed by atoms with van der Waals surface area (Å²) in [6.07, 6.45) is 2.56. The molecule has 4 N–H and O–H groups in total. The molecule has 11 heteroatoms. The minimum atomic E-state index is -3.97.